The number of fused-ring (bicyclic) bond motifs is 3. The van der Waals surface area contributed by atoms with E-state index in [4.69, 9.17) is 4.74 Å². The third-order valence-corrected chi connectivity index (χ3v) is 10.4. The van der Waals surface area contributed by atoms with Crippen LogP contribution in [0.4, 0.5) is 0 Å². The monoisotopic (exact) mass is 562 g/mol. The Bertz CT molecular complexity index is 1600. The molecule has 1 aromatic heterocycles. The van der Waals surface area contributed by atoms with E-state index in [0.717, 1.165) is 58.1 Å². The molecule has 1 aliphatic heterocycles. The van der Waals surface area contributed by atoms with Crippen molar-refractivity contribution in [1.82, 2.24) is 19.3 Å². The Morgan fingerprint density at radius 2 is 1.98 bits per heavy atom. The van der Waals surface area contributed by atoms with Gasteiger partial charge in [-0.2, -0.15) is 4.31 Å². The molecule has 3 aromatic carbocycles. The van der Waals surface area contributed by atoms with Crippen molar-refractivity contribution in [2.75, 3.05) is 6.54 Å². The first-order valence-electron chi connectivity index (χ1n) is 13.6. The molecule has 0 fully saturated rings. The Kier molecular flexibility index (Phi) is 6.82. The Balaban J connectivity index is 1.43. The average Bonchev–Trinajstić information content (AvgIpc) is 3.50. The van der Waals surface area contributed by atoms with Crippen molar-refractivity contribution in [3.63, 3.8) is 0 Å². The van der Waals surface area contributed by atoms with Gasteiger partial charge < -0.3 is 9.84 Å². The van der Waals surface area contributed by atoms with Crippen molar-refractivity contribution in [1.29, 1.82) is 0 Å². The highest BCUT2D eigenvalue weighted by Crippen LogP contribution is 2.61. The number of nitrogens with zero attached hydrogens (tertiary/aromatic N) is 4. The summed E-state index contributed by atoms with van der Waals surface area (Å²) in [6, 6.07) is 17.0. The summed E-state index contributed by atoms with van der Waals surface area (Å²) in [5.74, 6) is -0.769. The van der Waals surface area contributed by atoms with Gasteiger partial charge in [-0.15, -0.1) is 15.9 Å². The highest BCUT2D eigenvalue weighted by atomic mass is 32.3. The summed E-state index contributed by atoms with van der Waals surface area (Å²) in [7, 11) is -1.49. The van der Waals surface area contributed by atoms with Crippen molar-refractivity contribution in [2.45, 2.75) is 62.5 Å². The number of para-hydroxylation sites is 1. The van der Waals surface area contributed by atoms with Crippen molar-refractivity contribution in [3.05, 3.63) is 82.4 Å². The van der Waals surface area contributed by atoms with Gasteiger partial charge in [0.15, 0.2) is 0 Å². The second-order valence-corrected chi connectivity index (χ2v) is 12.7. The number of benzene rings is 3. The molecular formula is C30H34N4O5S. The number of carbonyl (C=O) groups is 1. The van der Waals surface area contributed by atoms with Crippen LogP contribution in [0.2, 0.25) is 0 Å². The molecule has 210 valence electrons. The van der Waals surface area contributed by atoms with Gasteiger partial charge in [-0.3, -0.25) is 13.9 Å². The Labute approximate surface area is 234 Å². The van der Waals surface area contributed by atoms with Gasteiger partial charge >= 0.3 is 5.97 Å². The fourth-order valence-corrected chi connectivity index (χ4v) is 8.11. The van der Waals surface area contributed by atoms with Crippen LogP contribution in [0.15, 0.2) is 59.5 Å². The van der Waals surface area contributed by atoms with Gasteiger partial charge in [-0.25, -0.2) is 4.68 Å². The Morgan fingerprint density at radius 3 is 2.75 bits per heavy atom. The number of rotatable bonds is 6. The van der Waals surface area contributed by atoms with E-state index in [-0.39, 0.29) is 18.6 Å². The number of carboxylic acid groups (broad SMARTS) is 1. The number of hydrogen-bond acceptors (Lipinski definition) is 7. The van der Waals surface area contributed by atoms with E-state index in [1.165, 1.54) is 0 Å². The highest BCUT2D eigenvalue weighted by Gasteiger charge is 2.41. The fourth-order valence-electron chi connectivity index (χ4n) is 6.26. The van der Waals surface area contributed by atoms with E-state index in [1.54, 1.807) is 22.9 Å². The molecule has 3 N–H and O–H groups in total. The van der Waals surface area contributed by atoms with Crippen LogP contribution in [-0.4, -0.2) is 52.1 Å². The normalized spacial score (nSPS) is 21.7. The van der Waals surface area contributed by atoms with Crippen LogP contribution in [0, 0.1) is 6.92 Å². The summed E-state index contributed by atoms with van der Waals surface area (Å²) in [5, 5.41) is 18.4. The van der Waals surface area contributed by atoms with Gasteiger partial charge in [0.25, 0.3) is 0 Å². The van der Waals surface area contributed by atoms with Gasteiger partial charge in [0.2, 0.25) is 0 Å². The molecular weight excluding hydrogens is 528 g/mol. The van der Waals surface area contributed by atoms with Crippen LogP contribution >= 0.6 is 10.8 Å². The molecule has 0 amide bonds. The second-order valence-electron chi connectivity index (χ2n) is 10.7. The molecule has 0 radical (unpaired) electrons. The largest absolute Gasteiger partial charge is 0.487 e. The standard InChI is InChI=1S/C30H34N4O5S/c1-4-21-17-34(40(37,38)28-8-6-5-7-27(28)39-21)25-13-11-19-9-10-20(15-24(19)25)23(16-29(35)36)22-12-14-26-30(18(22)2)31-32-33(26)3/h5-10,12,14-15,21,23,25,37-38H,4,11,13,16-17H2,1-3H3,(H,35,36). The quantitative estimate of drug-likeness (QED) is 0.259. The van der Waals surface area contributed by atoms with Gasteiger partial charge in [-0.1, -0.05) is 48.5 Å². The van der Waals surface area contributed by atoms with Crippen LogP contribution in [-0.2, 0) is 18.3 Å². The van der Waals surface area contributed by atoms with E-state index >= 15 is 0 Å². The summed E-state index contributed by atoms with van der Waals surface area (Å²) in [4.78, 5) is 12.5. The molecule has 0 saturated heterocycles. The molecule has 6 rings (SSSR count). The van der Waals surface area contributed by atoms with Crippen LogP contribution in [0.25, 0.3) is 11.0 Å². The summed E-state index contributed by atoms with van der Waals surface area (Å²) >= 11 is 0. The number of aliphatic carboxylic acids is 1. The van der Waals surface area contributed by atoms with Crippen molar-refractivity contribution in [3.8, 4) is 5.75 Å². The van der Waals surface area contributed by atoms with E-state index < -0.39 is 22.7 Å². The minimum Gasteiger partial charge on any atom is -0.487 e. The zero-order valence-electron chi connectivity index (χ0n) is 22.8. The lowest BCUT2D eigenvalue weighted by molar-refractivity contribution is -0.137. The van der Waals surface area contributed by atoms with Gasteiger partial charge in [0.05, 0.1) is 24.5 Å². The maximum Gasteiger partial charge on any atom is 0.304 e. The number of ether oxygens (including phenoxy) is 1. The highest BCUT2D eigenvalue weighted by molar-refractivity contribution is 8.22. The lowest BCUT2D eigenvalue weighted by Gasteiger charge is -2.45. The number of carboxylic acids is 1. The summed E-state index contributed by atoms with van der Waals surface area (Å²) in [6.45, 7) is 4.38. The summed E-state index contributed by atoms with van der Waals surface area (Å²) < 4.78 is 33.1. The lowest BCUT2D eigenvalue weighted by atomic mass is 9.84. The molecule has 2 heterocycles. The number of hydrogen-bond donors (Lipinski definition) is 3. The summed E-state index contributed by atoms with van der Waals surface area (Å²) in [6.07, 6.45) is 2.00. The molecule has 0 spiro atoms. The molecule has 0 bridgehead atoms. The van der Waals surface area contributed by atoms with E-state index in [2.05, 4.69) is 22.4 Å². The third-order valence-electron chi connectivity index (χ3n) is 8.40. The van der Waals surface area contributed by atoms with E-state index in [9.17, 15) is 19.0 Å². The van der Waals surface area contributed by atoms with Crippen molar-refractivity contribution in [2.24, 2.45) is 7.05 Å². The molecule has 0 saturated carbocycles. The van der Waals surface area contributed by atoms with Crippen molar-refractivity contribution >= 4 is 27.8 Å². The first-order chi connectivity index (χ1) is 19.2. The molecule has 2 aliphatic rings. The molecule has 1 aliphatic carbocycles. The molecule has 4 aromatic rings. The smallest absolute Gasteiger partial charge is 0.304 e. The second kappa shape index (κ2) is 10.2. The molecule has 3 unspecified atom stereocenters. The zero-order valence-corrected chi connectivity index (χ0v) is 23.6. The molecule has 40 heavy (non-hydrogen) atoms. The van der Waals surface area contributed by atoms with E-state index in [0.29, 0.717) is 17.2 Å². The minimum absolute atomic E-state index is 0.0753. The average molecular weight is 563 g/mol. The predicted octanol–water partition coefficient (Wildman–Crippen LogP) is 6.07. The first-order valence-corrected chi connectivity index (χ1v) is 15.1. The number of aromatic nitrogens is 3. The summed E-state index contributed by atoms with van der Waals surface area (Å²) in [5.41, 5.74) is 6.51. The van der Waals surface area contributed by atoms with E-state index in [1.807, 2.05) is 49.5 Å². The lowest BCUT2D eigenvalue weighted by Crippen LogP contribution is -2.37. The Hall–Kier alpha value is -3.44. The van der Waals surface area contributed by atoms with Crippen LogP contribution < -0.4 is 4.74 Å². The minimum atomic E-state index is -3.32. The Morgan fingerprint density at radius 1 is 1.18 bits per heavy atom. The SMILES string of the molecule is CCC1CN(C2CCc3ccc(C(CC(=O)O)c4ccc5c(nnn5C)c4C)cc32)S(O)(O)c2ccccc2O1. The number of aryl methyl sites for hydroxylation is 3. The van der Waals surface area contributed by atoms with Gasteiger partial charge in [-0.05, 0) is 72.2 Å². The van der Waals surface area contributed by atoms with Crippen LogP contribution in [0.3, 0.4) is 0 Å². The molecule has 10 heteroatoms. The van der Waals surface area contributed by atoms with Gasteiger partial charge in [0.1, 0.15) is 22.3 Å². The van der Waals surface area contributed by atoms with Crippen molar-refractivity contribution < 1.29 is 23.7 Å². The maximum atomic E-state index is 12.1. The zero-order chi connectivity index (χ0) is 28.2. The maximum absolute atomic E-state index is 12.1. The third kappa shape index (κ3) is 4.45. The van der Waals surface area contributed by atoms with Crippen LogP contribution in [0.1, 0.15) is 66.0 Å². The van der Waals surface area contributed by atoms with Gasteiger partial charge in [0, 0.05) is 13.0 Å². The van der Waals surface area contributed by atoms with Crippen LogP contribution in [0.5, 0.6) is 5.75 Å². The topological polar surface area (TPSA) is 121 Å². The first kappa shape index (κ1) is 26.8. The fraction of sp³-hybridized carbons (Fsp3) is 0.367. The predicted molar refractivity (Wildman–Crippen MR) is 154 cm³/mol. The molecule has 9 nitrogen and oxygen atoms in total. The molecule has 3 atom stereocenters.